The number of carbonyl (C=O) groups is 1. The maximum absolute atomic E-state index is 12.2. The Labute approximate surface area is 253 Å². The SMILES string of the molecule is CCS(=O)(=O)C1=CC=C(N=Nc2cc(OC)c(N=Nc3c(S(=O)(=O)O)cc4cccc(NC(C)=O)c4c3O)cc2OC)CC1. The number of hydrogen-bond acceptors (Lipinski definition) is 12. The molecule has 0 saturated carbocycles. The van der Waals surface area contributed by atoms with E-state index in [9.17, 15) is 31.3 Å². The number of azo groups is 2. The first kappa shape index (κ1) is 32.2. The van der Waals surface area contributed by atoms with Crippen molar-refractivity contribution >= 4 is 59.4 Å². The smallest absolute Gasteiger partial charge is 0.296 e. The Hall–Kier alpha value is -4.67. The standard InChI is InChI=1S/C28H29N5O9S2/c1-5-43(36,37)19-11-9-18(10-12-19)30-31-21-14-24(42-4)22(15-23(21)41-3)32-33-27-25(44(38,39)40)13-17-7-6-8-20(29-16(2)34)26(17)28(27)35/h6-9,11,13-15,35H,5,10,12H2,1-4H3,(H,29,34)(H,38,39,40). The monoisotopic (exact) mass is 643 g/mol. The van der Waals surface area contributed by atoms with Gasteiger partial charge in [0.15, 0.2) is 15.6 Å². The first-order valence-corrected chi connectivity index (χ1v) is 16.1. The predicted octanol–water partition coefficient (Wildman–Crippen LogP) is 6.26. The number of methoxy groups -OCH3 is 2. The van der Waals surface area contributed by atoms with Gasteiger partial charge in [0.1, 0.15) is 33.5 Å². The number of nitrogens with one attached hydrogen (secondary N) is 1. The normalized spacial score (nSPS) is 14.1. The summed E-state index contributed by atoms with van der Waals surface area (Å²) in [5.41, 5.74) is 0.449. The molecule has 0 spiro atoms. The maximum atomic E-state index is 12.2. The van der Waals surface area contributed by atoms with Crippen molar-refractivity contribution in [3.8, 4) is 17.2 Å². The molecule has 1 aliphatic rings. The minimum Gasteiger partial charge on any atom is -0.505 e. The van der Waals surface area contributed by atoms with Crippen molar-refractivity contribution in [2.45, 2.75) is 31.6 Å². The second-order valence-electron chi connectivity index (χ2n) is 9.42. The van der Waals surface area contributed by atoms with Crippen molar-refractivity contribution in [2.24, 2.45) is 20.5 Å². The summed E-state index contributed by atoms with van der Waals surface area (Å²) in [5, 5.41) is 30.4. The second kappa shape index (κ2) is 12.9. The summed E-state index contributed by atoms with van der Waals surface area (Å²) in [7, 11) is -5.44. The molecule has 1 amide bonds. The molecule has 0 aliphatic heterocycles. The fraction of sp³-hybridized carbons (Fsp3) is 0.250. The fourth-order valence-electron chi connectivity index (χ4n) is 4.37. The lowest BCUT2D eigenvalue weighted by Gasteiger charge is -2.13. The molecule has 3 N–H and O–H groups in total. The third-order valence-electron chi connectivity index (χ3n) is 6.56. The number of phenols is 1. The van der Waals surface area contributed by atoms with E-state index in [1.807, 2.05) is 0 Å². The van der Waals surface area contributed by atoms with Crippen molar-refractivity contribution in [3.63, 3.8) is 0 Å². The van der Waals surface area contributed by atoms with Crippen LogP contribution in [-0.4, -0.2) is 52.4 Å². The Morgan fingerprint density at radius 2 is 1.57 bits per heavy atom. The van der Waals surface area contributed by atoms with Gasteiger partial charge in [0.25, 0.3) is 10.1 Å². The molecular weight excluding hydrogens is 614 g/mol. The van der Waals surface area contributed by atoms with Gasteiger partial charge >= 0.3 is 0 Å². The fourth-order valence-corrected chi connectivity index (χ4v) is 6.08. The number of ether oxygens (including phenoxy) is 2. The summed E-state index contributed by atoms with van der Waals surface area (Å²) in [6, 6.07) is 8.47. The summed E-state index contributed by atoms with van der Waals surface area (Å²) in [5.74, 6) is -0.747. The van der Waals surface area contributed by atoms with Crippen LogP contribution in [0.3, 0.4) is 0 Å². The minimum atomic E-state index is -4.88. The number of hydrogen-bond donors (Lipinski definition) is 3. The molecule has 0 atom stereocenters. The van der Waals surface area contributed by atoms with Gasteiger partial charge in [0.2, 0.25) is 5.91 Å². The van der Waals surface area contributed by atoms with Crippen LogP contribution >= 0.6 is 0 Å². The highest BCUT2D eigenvalue weighted by Crippen LogP contribution is 2.46. The van der Waals surface area contributed by atoms with Crippen LogP contribution in [0.25, 0.3) is 10.8 Å². The van der Waals surface area contributed by atoms with Gasteiger partial charge in [-0.2, -0.15) is 13.5 Å². The van der Waals surface area contributed by atoms with Crippen molar-refractivity contribution in [2.75, 3.05) is 25.3 Å². The number of nitrogens with zero attached hydrogens (tertiary/aromatic N) is 4. The van der Waals surface area contributed by atoms with Crippen molar-refractivity contribution in [1.29, 1.82) is 0 Å². The summed E-state index contributed by atoms with van der Waals surface area (Å²) in [6.07, 6.45) is 3.78. The molecule has 4 rings (SSSR count). The molecule has 0 saturated heterocycles. The molecule has 0 radical (unpaired) electrons. The van der Waals surface area contributed by atoms with Gasteiger partial charge in [0, 0.05) is 29.3 Å². The Balaban J connectivity index is 1.77. The van der Waals surface area contributed by atoms with Gasteiger partial charge < -0.3 is 19.9 Å². The van der Waals surface area contributed by atoms with Crippen LogP contribution in [0.15, 0.2) is 84.5 Å². The van der Waals surface area contributed by atoms with Crippen LogP contribution in [0.2, 0.25) is 0 Å². The first-order chi connectivity index (χ1) is 20.8. The zero-order chi connectivity index (χ0) is 32.2. The summed E-state index contributed by atoms with van der Waals surface area (Å²) < 4.78 is 69.4. The number of fused-ring (bicyclic) bond motifs is 1. The molecule has 3 aromatic rings. The van der Waals surface area contributed by atoms with E-state index < -0.39 is 42.2 Å². The predicted molar refractivity (Wildman–Crippen MR) is 163 cm³/mol. The lowest BCUT2D eigenvalue weighted by molar-refractivity contribution is -0.114. The molecule has 3 aromatic carbocycles. The van der Waals surface area contributed by atoms with Gasteiger partial charge in [-0.15, -0.1) is 15.3 Å². The van der Waals surface area contributed by atoms with E-state index in [0.717, 1.165) is 6.07 Å². The molecule has 0 fully saturated rings. The Bertz CT molecular complexity index is 1980. The minimum absolute atomic E-state index is 0.0138. The van der Waals surface area contributed by atoms with Gasteiger partial charge in [-0.05, 0) is 42.5 Å². The Kier molecular flexibility index (Phi) is 9.46. The second-order valence-corrected chi connectivity index (χ2v) is 13.1. The maximum Gasteiger partial charge on any atom is 0.296 e. The molecule has 16 heteroatoms. The number of phenolic OH excluding ortho intramolecular Hbond substituents is 1. The molecule has 0 aromatic heterocycles. The number of allylic oxidation sites excluding steroid dienone is 4. The third kappa shape index (κ3) is 6.93. The third-order valence-corrected chi connectivity index (χ3v) is 9.33. The Morgan fingerprint density at radius 3 is 2.09 bits per heavy atom. The van der Waals surface area contributed by atoms with E-state index >= 15 is 0 Å². The van der Waals surface area contributed by atoms with Crippen LogP contribution in [0.1, 0.15) is 26.7 Å². The molecule has 14 nitrogen and oxygen atoms in total. The van der Waals surface area contributed by atoms with Gasteiger partial charge in [-0.3, -0.25) is 9.35 Å². The number of aromatic hydroxyl groups is 1. The average Bonchev–Trinajstić information content (AvgIpc) is 2.98. The van der Waals surface area contributed by atoms with Gasteiger partial charge in [0.05, 0.1) is 31.4 Å². The average molecular weight is 644 g/mol. The first-order valence-electron chi connectivity index (χ1n) is 13.0. The molecule has 0 heterocycles. The number of sulfone groups is 1. The topological polar surface area (TPSA) is 206 Å². The van der Waals surface area contributed by atoms with E-state index in [-0.39, 0.29) is 45.1 Å². The summed E-state index contributed by atoms with van der Waals surface area (Å²) in [4.78, 5) is 11.3. The van der Waals surface area contributed by atoms with Crippen molar-refractivity contribution in [3.05, 3.63) is 59.2 Å². The quantitative estimate of drug-likeness (QED) is 0.168. The zero-order valence-corrected chi connectivity index (χ0v) is 25.7. The highest BCUT2D eigenvalue weighted by atomic mass is 32.2. The summed E-state index contributed by atoms with van der Waals surface area (Å²) in [6.45, 7) is 2.85. The van der Waals surface area contributed by atoms with E-state index in [2.05, 4.69) is 25.8 Å². The van der Waals surface area contributed by atoms with E-state index in [0.29, 0.717) is 23.4 Å². The van der Waals surface area contributed by atoms with Crippen LogP contribution in [-0.2, 0) is 24.7 Å². The molecule has 44 heavy (non-hydrogen) atoms. The number of rotatable bonds is 10. The van der Waals surface area contributed by atoms with E-state index in [4.69, 9.17) is 9.47 Å². The van der Waals surface area contributed by atoms with E-state index in [1.165, 1.54) is 57.6 Å². The van der Waals surface area contributed by atoms with Crippen molar-refractivity contribution < 1.29 is 40.8 Å². The van der Waals surface area contributed by atoms with Gasteiger partial charge in [-0.1, -0.05) is 19.1 Å². The highest BCUT2D eigenvalue weighted by Gasteiger charge is 2.24. The van der Waals surface area contributed by atoms with Crippen LogP contribution in [0.4, 0.5) is 22.7 Å². The summed E-state index contributed by atoms with van der Waals surface area (Å²) >= 11 is 0. The molecular formula is C28H29N5O9S2. The molecule has 232 valence electrons. The largest absolute Gasteiger partial charge is 0.505 e. The van der Waals surface area contributed by atoms with Crippen LogP contribution in [0.5, 0.6) is 17.2 Å². The number of carbonyl (C=O) groups excluding carboxylic acids is 1. The molecule has 0 unspecified atom stereocenters. The molecule has 0 bridgehead atoms. The van der Waals surface area contributed by atoms with E-state index in [1.54, 1.807) is 13.0 Å². The van der Waals surface area contributed by atoms with Gasteiger partial charge in [-0.25, -0.2) is 8.42 Å². The van der Waals surface area contributed by atoms with Crippen LogP contribution < -0.4 is 14.8 Å². The van der Waals surface area contributed by atoms with Crippen LogP contribution in [0, 0.1) is 0 Å². The lowest BCUT2D eigenvalue weighted by atomic mass is 10.1. The molecule has 1 aliphatic carbocycles. The number of benzene rings is 3. The number of anilines is 1. The highest BCUT2D eigenvalue weighted by molar-refractivity contribution is 7.95. The zero-order valence-electron chi connectivity index (χ0n) is 24.1. The lowest BCUT2D eigenvalue weighted by Crippen LogP contribution is -2.08. The van der Waals surface area contributed by atoms with Crippen molar-refractivity contribution in [1.82, 2.24) is 0 Å². The Morgan fingerprint density at radius 1 is 0.932 bits per heavy atom. The number of amides is 1.